The quantitative estimate of drug-likeness (QED) is 0.500. The summed E-state index contributed by atoms with van der Waals surface area (Å²) in [6.45, 7) is 1.89. The maximum atomic E-state index is 10.6. The summed E-state index contributed by atoms with van der Waals surface area (Å²) in [5.41, 5.74) is 7.90. The molecule has 0 saturated heterocycles. The number of hydrogen-bond acceptors (Lipinski definition) is 6. The molecule has 0 radical (unpaired) electrons. The molecule has 0 unspecified atom stereocenters. The summed E-state index contributed by atoms with van der Waals surface area (Å²) in [6, 6.07) is 17.5. The molecule has 5 rings (SSSR count). The van der Waals surface area contributed by atoms with Crippen molar-refractivity contribution in [3.8, 4) is 22.8 Å². The Morgan fingerprint density at radius 1 is 1.06 bits per heavy atom. The fourth-order valence-electron chi connectivity index (χ4n) is 4.40. The van der Waals surface area contributed by atoms with Gasteiger partial charge in [-0.2, -0.15) is 5.10 Å². The molecule has 3 N–H and O–H groups in total. The SMILES string of the molecule is C[C@]1(O)CCC[C@@H](n2nc(-c3ccc(Oc4ccccc4)cc3)c3c(N)ncnc32)C1. The first-order valence-corrected chi connectivity index (χ1v) is 10.5. The highest BCUT2D eigenvalue weighted by Gasteiger charge is 2.33. The van der Waals surface area contributed by atoms with Crippen LogP contribution in [-0.4, -0.2) is 30.5 Å². The van der Waals surface area contributed by atoms with Gasteiger partial charge in [0.05, 0.1) is 17.0 Å². The number of aliphatic hydroxyl groups is 1. The molecular weight excluding hydrogens is 390 g/mol. The zero-order valence-corrected chi connectivity index (χ0v) is 17.4. The van der Waals surface area contributed by atoms with E-state index in [4.69, 9.17) is 15.6 Å². The van der Waals surface area contributed by atoms with Crippen molar-refractivity contribution >= 4 is 16.9 Å². The fraction of sp³-hybridized carbons (Fsp3) is 0.292. The van der Waals surface area contributed by atoms with Crippen molar-refractivity contribution in [3.05, 3.63) is 60.9 Å². The predicted octanol–water partition coefficient (Wildman–Crippen LogP) is 4.73. The van der Waals surface area contributed by atoms with Crippen LogP contribution in [0, 0.1) is 0 Å². The van der Waals surface area contributed by atoms with Gasteiger partial charge < -0.3 is 15.6 Å². The molecule has 1 saturated carbocycles. The first-order valence-electron chi connectivity index (χ1n) is 10.5. The first kappa shape index (κ1) is 19.5. The van der Waals surface area contributed by atoms with Crippen LogP contribution in [0.1, 0.15) is 38.6 Å². The molecule has 1 fully saturated rings. The number of ether oxygens (including phenoxy) is 1. The largest absolute Gasteiger partial charge is 0.457 e. The Hall–Kier alpha value is -3.45. The van der Waals surface area contributed by atoms with Crippen molar-refractivity contribution in [1.82, 2.24) is 19.7 Å². The number of hydrogen-bond donors (Lipinski definition) is 2. The molecule has 1 aliphatic carbocycles. The summed E-state index contributed by atoms with van der Waals surface area (Å²) in [6.07, 6.45) is 4.80. The average molecular weight is 415 g/mol. The zero-order valence-electron chi connectivity index (χ0n) is 17.4. The van der Waals surface area contributed by atoms with Crippen LogP contribution in [-0.2, 0) is 0 Å². The minimum Gasteiger partial charge on any atom is -0.457 e. The second kappa shape index (κ2) is 7.67. The predicted molar refractivity (Wildman–Crippen MR) is 120 cm³/mol. The van der Waals surface area contributed by atoms with Gasteiger partial charge in [0, 0.05) is 5.56 Å². The molecule has 2 aromatic heterocycles. The number of fused-ring (bicyclic) bond motifs is 1. The van der Waals surface area contributed by atoms with Gasteiger partial charge in [-0.3, -0.25) is 0 Å². The summed E-state index contributed by atoms with van der Waals surface area (Å²) >= 11 is 0. The minimum absolute atomic E-state index is 0.0648. The van der Waals surface area contributed by atoms with E-state index in [-0.39, 0.29) is 6.04 Å². The van der Waals surface area contributed by atoms with Gasteiger partial charge in [0.1, 0.15) is 29.3 Å². The van der Waals surface area contributed by atoms with E-state index in [0.717, 1.165) is 47.4 Å². The van der Waals surface area contributed by atoms with Crippen LogP contribution >= 0.6 is 0 Å². The van der Waals surface area contributed by atoms with E-state index < -0.39 is 5.60 Å². The van der Waals surface area contributed by atoms with Gasteiger partial charge in [0.25, 0.3) is 0 Å². The Kier molecular flexibility index (Phi) is 4.82. The Bertz CT molecular complexity index is 1200. The molecule has 31 heavy (non-hydrogen) atoms. The maximum Gasteiger partial charge on any atom is 0.164 e. The Morgan fingerprint density at radius 3 is 2.55 bits per heavy atom. The minimum atomic E-state index is -0.698. The first-order chi connectivity index (χ1) is 15.0. The lowest BCUT2D eigenvalue weighted by Gasteiger charge is -2.34. The van der Waals surface area contributed by atoms with Crippen LogP contribution in [0.3, 0.4) is 0 Å². The summed E-state index contributed by atoms with van der Waals surface area (Å²) in [4.78, 5) is 8.68. The van der Waals surface area contributed by atoms with E-state index in [0.29, 0.717) is 17.9 Å². The molecule has 7 heteroatoms. The van der Waals surface area contributed by atoms with Crippen molar-refractivity contribution < 1.29 is 9.84 Å². The van der Waals surface area contributed by atoms with Crippen LogP contribution in [0.5, 0.6) is 11.5 Å². The molecular formula is C24H25N5O2. The van der Waals surface area contributed by atoms with Crippen LogP contribution in [0.2, 0.25) is 0 Å². The maximum absolute atomic E-state index is 10.6. The highest BCUT2D eigenvalue weighted by atomic mass is 16.5. The van der Waals surface area contributed by atoms with Crippen molar-refractivity contribution in [3.63, 3.8) is 0 Å². The summed E-state index contributed by atoms with van der Waals surface area (Å²) in [5, 5.41) is 16.2. The molecule has 2 atom stereocenters. The van der Waals surface area contributed by atoms with E-state index in [2.05, 4.69) is 9.97 Å². The second-order valence-electron chi connectivity index (χ2n) is 8.44. The molecule has 0 aliphatic heterocycles. The summed E-state index contributed by atoms with van der Waals surface area (Å²) in [5.74, 6) is 1.93. The van der Waals surface area contributed by atoms with Gasteiger partial charge in [-0.1, -0.05) is 18.2 Å². The van der Waals surface area contributed by atoms with Crippen LogP contribution in [0.4, 0.5) is 5.82 Å². The number of aromatic nitrogens is 4. The van der Waals surface area contributed by atoms with Crippen LogP contribution in [0.25, 0.3) is 22.3 Å². The molecule has 1 aliphatic rings. The Balaban J connectivity index is 1.53. The van der Waals surface area contributed by atoms with E-state index in [9.17, 15) is 5.11 Å². The number of rotatable bonds is 4. The Morgan fingerprint density at radius 2 is 1.81 bits per heavy atom. The zero-order chi connectivity index (χ0) is 21.4. The molecule has 0 spiro atoms. The molecule has 2 aromatic carbocycles. The van der Waals surface area contributed by atoms with Crippen molar-refractivity contribution in [2.75, 3.05) is 5.73 Å². The van der Waals surface area contributed by atoms with E-state index in [1.165, 1.54) is 6.33 Å². The number of para-hydroxylation sites is 1. The van der Waals surface area contributed by atoms with Gasteiger partial charge >= 0.3 is 0 Å². The lowest BCUT2D eigenvalue weighted by atomic mass is 9.83. The lowest BCUT2D eigenvalue weighted by Crippen LogP contribution is -2.33. The van der Waals surface area contributed by atoms with Crippen molar-refractivity contribution in [2.24, 2.45) is 0 Å². The molecule has 4 aromatic rings. The highest BCUT2D eigenvalue weighted by Crippen LogP contribution is 2.39. The molecule has 0 amide bonds. The molecule has 2 heterocycles. The third-order valence-electron chi connectivity index (χ3n) is 5.90. The normalized spacial score (nSPS) is 21.3. The third kappa shape index (κ3) is 3.84. The number of nitrogen functional groups attached to an aromatic ring is 1. The number of nitrogens with zero attached hydrogens (tertiary/aromatic N) is 4. The van der Waals surface area contributed by atoms with Gasteiger partial charge in [0.2, 0.25) is 0 Å². The highest BCUT2D eigenvalue weighted by molar-refractivity contribution is 5.98. The lowest BCUT2D eigenvalue weighted by molar-refractivity contribution is 0.00254. The monoisotopic (exact) mass is 415 g/mol. The molecule has 7 nitrogen and oxygen atoms in total. The fourth-order valence-corrected chi connectivity index (χ4v) is 4.40. The van der Waals surface area contributed by atoms with Gasteiger partial charge in [-0.15, -0.1) is 0 Å². The topological polar surface area (TPSA) is 99.1 Å². The second-order valence-corrected chi connectivity index (χ2v) is 8.44. The van der Waals surface area contributed by atoms with E-state index >= 15 is 0 Å². The van der Waals surface area contributed by atoms with Gasteiger partial charge in [0.15, 0.2) is 5.65 Å². The smallest absolute Gasteiger partial charge is 0.164 e. The summed E-state index contributed by atoms with van der Waals surface area (Å²) in [7, 11) is 0. The van der Waals surface area contributed by atoms with Gasteiger partial charge in [-0.05, 0) is 69.0 Å². The molecule has 158 valence electrons. The number of benzene rings is 2. The summed E-state index contributed by atoms with van der Waals surface area (Å²) < 4.78 is 7.82. The molecule has 0 bridgehead atoms. The van der Waals surface area contributed by atoms with Crippen LogP contribution < -0.4 is 10.5 Å². The van der Waals surface area contributed by atoms with Crippen LogP contribution in [0.15, 0.2) is 60.9 Å². The number of nitrogens with two attached hydrogens (primary N) is 1. The number of anilines is 1. The van der Waals surface area contributed by atoms with E-state index in [1.807, 2.05) is 66.2 Å². The standard InChI is InChI=1S/C24H25N5O2/c1-24(30)13-5-6-17(14-24)29-23-20(22(25)26-15-27-23)21(28-29)16-9-11-19(12-10-16)31-18-7-3-2-4-8-18/h2-4,7-12,15,17,30H,5-6,13-14H2,1H3,(H2,25,26,27)/t17-,24+/m1/s1. The van der Waals surface area contributed by atoms with Crippen molar-refractivity contribution in [2.45, 2.75) is 44.2 Å². The third-order valence-corrected chi connectivity index (χ3v) is 5.90. The average Bonchev–Trinajstić information content (AvgIpc) is 3.15. The Labute approximate surface area is 180 Å². The van der Waals surface area contributed by atoms with Gasteiger partial charge in [-0.25, -0.2) is 14.6 Å². The van der Waals surface area contributed by atoms with E-state index in [1.54, 1.807) is 0 Å². The van der Waals surface area contributed by atoms with Crippen molar-refractivity contribution in [1.29, 1.82) is 0 Å².